The zero-order valence-electron chi connectivity index (χ0n) is 10.3. The number of carbonyl (C=O) groups is 1. The van der Waals surface area contributed by atoms with E-state index in [2.05, 4.69) is 19.1 Å². The van der Waals surface area contributed by atoms with Crippen LogP contribution in [0.5, 0.6) is 0 Å². The zero-order valence-corrected chi connectivity index (χ0v) is 11.1. The van der Waals surface area contributed by atoms with E-state index in [4.69, 9.17) is 5.11 Å². The monoisotopic (exact) mass is 252 g/mol. The highest BCUT2D eigenvalue weighted by molar-refractivity contribution is 7.99. The van der Waals surface area contributed by atoms with E-state index in [0.717, 1.165) is 31.4 Å². The normalized spacial score (nSPS) is 12.3. The number of hydrogen-bond donors (Lipinski definition) is 1. The predicted molar refractivity (Wildman–Crippen MR) is 72.4 cm³/mol. The van der Waals surface area contributed by atoms with Crippen molar-refractivity contribution in [3.63, 3.8) is 0 Å². The van der Waals surface area contributed by atoms with Crippen molar-refractivity contribution in [1.29, 1.82) is 0 Å². The summed E-state index contributed by atoms with van der Waals surface area (Å²) in [7, 11) is 0. The van der Waals surface area contributed by atoms with Crippen molar-refractivity contribution in [3.05, 3.63) is 30.3 Å². The van der Waals surface area contributed by atoms with E-state index in [1.165, 1.54) is 4.90 Å². The molecule has 0 amide bonds. The first-order valence-electron chi connectivity index (χ1n) is 6.14. The van der Waals surface area contributed by atoms with E-state index in [-0.39, 0.29) is 5.92 Å². The van der Waals surface area contributed by atoms with Crippen molar-refractivity contribution >= 4 is 17.7 Å². The Morgan fingerprint density at radius 1 is 1.29 bits per heavy atom. The van der Waals surface area contributed by atoms with Gasteiger partial charge in [-0.05, 0) is 30.7 Å². The molecule has 94 valence electrons. The molecule has 1 aromatic carbocycles. The van der Waals surface area contributed by atoms with E-state index in [0.29, 0.717) is 0 Å². The summed E-state index contributed by atoms with van der Waals surface area (Å²) in [6.07, 6.45) is 3.64. The van der Waals surface area contributed by atoms with E-state index < -0.39 is 5.97 Å². The first-order valence-corrected chi connectivity index (χ1v) is 7.13. The van der Waals surface area contributed by atoms with Crippen molar-refractivity contribution in [1.82, 2.24) is 0 Å². The highest BCUT2D eigenvalue weighted by Gasteiger charge is 2.16. The molecular weight excluding hydrogens is 232 g/mol. The third-order valence-electron chi connectivity index (χ3n) is 2.73. The molecule has 1 N–H and O–H groups in total. The standard InChI is InChI=1S/C14H20O2S/c1-2-3-7-12(14(15)16)10-11-17-13-8-5-4-6-9-13/h4-6,8-9,12H,2-3,7,10-11H2,1H3,(H,15,16). The van der Waals surface area contributed by atoms with Crippen LogP contribution in [-0.2, 0) is 4.79 Å². The number of unbranched alkanes of at least 4 members (excludes halogenated alkanes) is 1. The van der Waals surface area contributed by atoms with Crippen molar-refractivity contribution < 1.29 is 9.90 Å². The van der Waals surface area contributed by atoms with Gasteiger partial charge in [0.2, 0.25) is 0 Å². The minimum absolute atomic E-state index is 0.175. The maximum Gasteiger partial charge on any atom is 0.306 e. The summed E-state index contributed by atoms with van der Waals surface area (Å²) < 4.78 is 0. The fourth-order valence-electron chi connectivity index (χ4n) is 1.68. The molecule has 0 aliphatic carbocycles. The molecule has 0 saturated carbocycles. The molecule has 1 unspecified atom stereocenters. The Bertz CT molecular complexity index is 324. The summed E-state index contributed by atoms with van der Waals surface area (Å²) in [5, 5.41) is 9.09. The Morgan fingerprint density at radius 3 is 2.59 bits per heavy atom. The van der Waals surface area contributed by atoms with E-state index in [1.54, 1.807) is 11.8 Å². The molecule has 0 aliphatic heterocycles. The van der Waals surface area contributed by atoms with E-state index in [9.17, 15) is 4.79 Å². The fraction of sp³-hybridized carbons (Fsp3) is 0.500. The third kappa shape index (κ3) is 5.78. The van der Waals surface area contributed by atoms with Gasteiger partial charge in [0.15, 0.2) is 0 Å². The maximum absolute atomic E-state index is 11.0. The molecule has 0 saturated heterocycles. The molecule has 2 nitrogen and oxygen atoms in total. The van der Waals surface area contributed by atoms with Crippen LogP contribution in [0.4, 0.5) is 0 Å². The van der Waals surface area contributed by atoms with Crippen LogP contribution in [0.1, 0.15) is 32.6 Å². The van der Waals surface area contributed by atoms with E-state index in [1.807, 2.05) is 18.2 Å². The lowest BCUT2D eigenvalue weighted by molar-refractivity contribution is -0.142. The highest BCUT2D eigenvalue weighted by atomic mass is 32.2. The topological polar surface area (TPSA) is 37.3 Å². The smallest absolute Gasteiger partial charge is 0.306 e. The van der Waals surface area contributed by atoms with Gasteiger partial charge in [0, 0.05) is 4.90 Å². The highest BCUT2D eigenvalue weighted by Crippen LogP contribution is 2.22. The Hall–Kier alpha value is -0.960. The SMILES string of the molecule is CCCCC(CCSc1ccccc1)C(=O)O. The number of rotatable bonds is 8. The van der Waals surface area contributed by atoms with Crippen LogP contribution in [-0.4, -0.2) is 16.8 Å². The van der Waals surface area contributed by atoms with Gasteiger partial charge in [-0.25, -0.2) is 0 Å². The molecule has 17 heavy (non-hydrogen) atoms. The van der Waals surface area contributed by atoms with Gasteiger partial charge in [-0.2, -0.15) is 0 Å². The lowest BCUT2D eigenvalue weighted by atomic mass is 10.00. The van der Waals surface area contributed by atoms with Gasteiger partial charge in [0.05, 0.1) is 5.92 Å². The molecular formula is C14H20O2S. The lowest BCUT2D eigenvalue weighted by Crippen LogP contribution is -2.14. The number of carboxylic acids is 1. The molecule has 0 spiro atoms. The quantitative estimate of drug-likeness (QED) is 0.709. The minimum Gasteiger partial charge on any atom is -0.481 e. The number of thioether (sulfide) groups is 1. The van der Waals surface area contributed by atoms with Crippen molar-refractivity contribution in [3.8, 4) is 0 Å². The molecule has 3 heteroatoms. The van der Waals surface area contributed by atoms with Crippen molar-refractivity contribution in [2.75, 3.05) is 5.75 Å². The van der Waals surface area contributed by atoms with Crippen LogP contribution < -0.4 is 0 Å². The number of aliphatic carboxylic acids is 1. The molecule has 0 radical (unpaired) electrons. The third-order valence-corrected chi connectivity index (χ3v) is 3.78. The lowest BCUT2D eigenvalue weighted by Gasteiger charge is -2.11. The Kier molecular flexibility index (Phi) is 6.78. The van der Waals surface area contributed by atoms with Crippen LogP contribution in [0.25, 0.3) is 0 Å². The van der Waals surface area contributed by atoms with Gasteiger partial charge in [-0.1, -0.05) is 38.0 Å². The number of carboxylic acid groups (broad SMARTS) is 1. The predicted octanol–water partition coefficient (Wildman–Crippen LogP) is 4.06. The minimum atomic E-state index is -0.646. The second kappa shape index (κ2) is 8.18. The molecule has 0 fully saturated rings. The summed E-state index contributed by atoms with van der Waals surface area (Å²) in [6.45, 7) is 2.09. The molecule has 0 aliphatic rings. The second-order valence-corrected chi connectivity index (χ2v) is 5.30. The summed E-state index contributed by atoms with van der Waals surface area (Å²) >= 11 is 1.74. The molecule has 0 aromatic heterocycles. The first kappa shape index (κ1) is 14.1. The van der Waals surface area contributed by atoms with Crippen LogP contribution in [0.3, 0.4) is 0 Å². The van der Waals surface area contributed by atoms with Crippen LogP contribution >= 0.6 is 11.8 Å². The summed E-state index contributed by atoms with van der Waals surface area (Å²) in [6, 6.07) is 10.1. The average molecular weight is 252 g/mol. The zero-order chi connectivity index (χ0) is 12.5. The second-order valence-electron chi connectivity index (χ2n) is 4.13. The van der Waals surface area contributed by atoms with Crippen molar-refractivity contribution in [2.24, 2.45) is 5.92 Å². The van der Waals surface area contributed by atoms with Crippen LogP contribution in [0.2, 0.25) is 0 Å². The first-order chi connectivity index (χ1) is 8.24. The van der Waals surface area contributed by atoms with Crippen molar-refractivity contribution in [2.45, 2.75) is 37.5 Å². The van der Waals surface area contributed by atoms with E-state index >= 15 is 0 Å². The maximum atomic E-state index is 11.0. The summed E-state index contributed by atoms with van der Waals surface area (Å²) in [5.41, 5.74) is 0. The number of hydrogen-bond acceptors (Lipinski definition) is 2. The Labute approximate surface area is 107 Å². The molecule has 1 atom stereocenters. The Morgan fingerprint density at radius 2 is 2.00 bits per heavy atom. The Balaban J connectivity index is 2.29. The average Bonchev–Trinajstić information content (AvgIpc) is 2.34. The van der Waals surface area contributed by atoms with Gasteiger partial charge in [-0.3, -0.25) is 4.79 Å². The molecule has 0 heterocycles. The van der Waals surface area contributed by atoms with Crippen LogP contribution in [0, 0.1) is 5.92 Å². The van der Waals surface area contributed by atoms with Gasteiger partial charge < -0.3 is 5.11 Å². The molecule has 0 bridgehead atoms. The van der Waals surface area contributed by atoms with Gasteiger partial charge in [-0.15, -0.1) is 11.8 Å². The molecule has 1 rings (SSSR count). The number of benzene rings is 1. The fourth-order valence-corrected chi connectivity index (χ4v) is 2.67. The summed E-state index contributed by atoms with van der Waals surface area (Å²) in [4.78, 5) is 12.3. The van der Waals surface area contributed by atoms with Gasteiger partial charge in [0.25, 0.3) is 0 Å². The van der Waals surface area contributed by atoms with Crippen LogP contribution in [0.15, 0.2) is 35.2 Å². The molecule has 1 aromatic rings. The summed E-state index contributed by atoms with van der Waals surface area (Å²) in [5.74, 6) is 0.0586. The largest absolute Gasteiger partial charge is 0.481 e. The van der Waals surface area contributed by atoms with Gasteiger partial charge in [0.1, 0.15) is 0 Å². The van der Waals surface area contributed by atoms with Gasteiger partial charge >= 0.3 is 5.97 Å².